The summed E-state index contributed by atoms with van der Waals surface area (Å²) in [5, 5.41) is 49.6. The molecule has 38 heavy (non-hydrogen) atoms. The Kier molecular flexibility index (Phi) is 10.9. The molecule has 0 radical (unpaired) electrons. The maximum absolute atomic E-state index is 11.6. The number of ether oxygens (including phenoxy) is 3. The molecule has 224 valence electrons. The summed E-state index contributed by atoms with van der Waals surface area (Å²) in [6.07, 6.45) is -17.2. The molecular weight excluding hydrogens is 598 g/mol. The Balaban J connectivity index is 2.52. The van der Waals surface area contributed by atoms with E-state index in [4.69, 9.17) is 27.9 Å². The molecule has 10 unspecified atom stereocenters. The van der Waals surface area contributed by atoms with Gasteiger partial charge < -0.3 is 39.7 Å². The first kappa shape index (κ1) is 33.0. The molecule has 9 N–H and O–H groups in total. The Morgan fingerprint density at radius 1 is 0.842 bits per heavy atom. The van der Waals surface area contributed by atoms with Crippen molar-refractivity contribution in [3.05, 3.63) is 0 Å². The Bertz CT molecular complexity index is 1140. The molecule has 0 bridgehead atoms. The fourth-order valence-corrected chi connectivity index (χ4v) is 5.25. The van der Waals surface area contributed by atoms with Crippen LogP contribution in [0.5, 0.6) is 0 Å². The van der Waals surface area contributed by atoms with E-state index in [1.165, 1.54) is 4.72 Å². The van der Waals surface area contributed by atoms with Gasteiger partial charge in [0.2, 0.25) is 0 Å². The number of hydrogen-bond donors (Lipinski definition) is 9. The number of carbonyl (C=O) groups is 1. The van der Waals surface area contributed by atoms with E-state index in [0.29, 0.717) is 0 Å². The molecular formula is C14H25NO20S3. The number of rotatable bonds is 12. The molecule has 2 aliphatic heterocycles. The number of aliphatic hydroxyl groups excluding tert-OH is 4. The highest BCUT2D eigenvalue weighted by molar-refractivity contribution is 7.83. The molecule has 0 aromatic carbocycles. The number of carboxylic acids is 1. The normalized spacial score (nSPS) is 37.1. The molecule has 2 fully saturated rings. The number of aliphatic carboxylic acids is 1. The summed E-state index contributed by atoms with van der Waals surface area (Å²) in [7, 11) is -15.7. The molecule has 2 rings (SSSR count). The summed E-state index contributed by atoms with van der Waals surface area (Å²) in [6.45, 7) is -3.42. The summed E-state index contributed by atoms with van der Waals surface area (Å²) in [4.78, 5) is 11.6. The summed E-state index contributed by atoms with van der Waals surface area (Å²) in [5.74, 6) is -3.59. The largest absolute Gasteiger partial charge is 0.479 e. The van der Waals surface area contributed by atoms with Gasteiger partial charge in [-0.1, -0.05) is 0 Å². The minimum absolute atomic E-state index is 1.08. The molecule has 10 atom stereocenters. The van der Waals surface area contributed by atoms with Crippen molar-refractivity contribution >= 4 is 37.1 Å². The average molecular weight is 624 g/mol. The monoisotopic (exact) mass is 623 g/mol. The van der Waals surface area contributed by atoms with Crippen LogP contribution in [0.4, 0.5) is 0 Å². The van der Waals surface area contributed by atoms with Crippen molar-refractivity contribution in [1.29, 1.82) is 0 Å². The number of aliphatic hydroxyl groups is 4. The second-order valence-electron chi connectivity index (χ2n) is 7.91. The second kappa shape index (κ2) is 12.5. The smallest absolute Gasteiger partial charge is 0.397 e. The lowest BCUT2D eigenvalue weighted by Gasteiger charge is -2.47. The van der Waals surface area contributed by atoms with Crippen LogP contribution in [-0.2, 0) is 58.5 Å². The Hall–Kier alpha value is -1.20. The first-order valence-corrected chi connectivity index (χ1v) is 14.2. The third kappa shape index (κ3) is 8.91. The molecule has 0 amide bonds. The van der Waals surface area contributed by atoms with Crippen LogP contribution in [0, 0.1) is 5.92 Å². The van der Waals surface area contributed by atoms with Crippen LogP contribution in [0.2, 0.25) is 0 Å². The van der Waals surface area contributed by atoms with Gasteiger partial charge in [0.15, 0.2) is 18.5 Å². The summed E-state index contributed by atoms with van der Waals surface area (Å²) in [5.41, 5.74) is 0. The van der Waals surface area contributed by atoms with Gasteiger partial charge in [-0.05, 0) is 0 Å². The molecule has 0 aliphatic carbocycles. The molecule has 24 heteroatoms. The lowest BCUT2D eigenvalue weighted by atomic mass is 9.89. The van der Waals surface area contributed by atoms with Crippen LogP contribution < -0.4 is 4.72 Å². The van der Waals surface area contributed by atoms with Crippen molar-refractivity contribution in [1.82, 2.24) is 4.72 Å². The molecule has 2 aliphatic rings. The Morgan fingerprint density at radius 2 is 1.45 bits per heavy atom. The van der Waals surface area contributed by atoms with E-state index in [1.54, 1.807) is 0 Å². The predicted octanol–water partition coefficient (Wildman–Crippen LogP) is -5.96. The minimum atomic E-state index is -5.44. The van der Waals surface area contributed by atoms with Crippen molar-refractivity contribution in [2.24, 2.45) is 5.92 Å². The van der Waals surface area contributed by atoms with Gasteiger partial charge in [0, 0.05) is 5.92 Å². The zero-order chi connectivity index (χ0) is 29.2. The first-order chi connectivity index (χ1) is 17.3. The molecule has 2 saturated heterocycles. The van der Waals surface area contributed by atoms with Gasteiger partial charge in [0.1, 0.15) is 24.4 Å². The summed E-state index contributed by atoms with van der Waals surface area (Å²) >= 11 is 0. The third-order valence-corrected chi connectivity index (χ3v) is 6.83. The standard InChI is InChI=1S/C14H25NO20S3/c16-1-4-8(18)12(35-38(28,29)30)14(33-10(4)13(20)21)34-11-6(3-31-37(25,26)27)32-5(2-17)7(9(11)19)15-36(22,23)24/h4-12,14-19H,1-3H2,(H,20,21)(H,22,23,24)(H,25,26,27)(H,28,29,30). The second-order valence-corrected chi connectivity index (χ2v) is 11.2. The van der Waals surface area contributed by atoms with Crippen LogP contribution >= 0.6 is 0 Å². The van der Waals surface area contributed by atoms with Gasteiger partial charge in [0.05, 0.1) is 32.0 Å². The van der Waals surface area contributed by atoms with Crippen LogP contribution in [0.25, 0.3) is 0 Å². The van der Waals surface area contributed by atoms with Gasteiger partial charge in [-0.15, -0.1) is 0 Å². The van der Waals surface area contributed by atoms with E-state index in [1.807, 2.05) is 0 Å². The van der Waals surface area contributed by atoms with Crippen molar-refractivity contribution < 1.29 is 91.8 Å². The Labute approximate surface area is 214 Å². The fraction of sp³-hybridized carbons (Fsp3) is 0.929. The van der Waals surface area contributed by atoms with Crippen LogP contribution in [0.3, 0.4) is 0 Å². The molecule has 0 spiro atoms. The van der Waals surface area contributed by atoms with Gasteiger partial charge in [-0.2, -0.15) is 30.0 Å². The maximum atomic E-state index is 11.6. The lowest BCUT2D eigenvalue weighted by molar-refractivity contribution is -0.322. The third-order valence-electron chi connectivity index (χ3n) is 5.36. The van der Waals surface area contributed by atoms with Crippen molar-refractivity contribution in [3.63, 3.8) is 0 Å². The highest BCUT2D eigenvalue weighted by Gasteiger charge is 2.54. The van der Waals surface area contributed by atoms with E-state index in [9.17, 15) is 55.6 Å². The zero-order valence-corrected chi connectivity index (χ0v) is 21.0. The molecule has 21 nitrogen and oxygen atoms in total. The van der Waals surface area contributed by atoms with Gasteiger partial charge in [0.25, 0.3) is 0 Å². The summed E-state index contributed by atoms with van der Waals surface area (Å²) < 4.78 is 120. The molecule has 0 saturated carbocycles. The SMILES string of the molecule is O=C(O)C1OC(OC2C(COS(=O)(=O)O)OC(CO)C(NS(=O)(=O)O)C2O)C(OS(=O)(=O)O)C(O)C1CO. The number of hydrogen-bond acceptors (Lipinski definition) is 16. The van der Waals surface area contributed by atoms with E-state index < -0.39 is 118 Å². The van der Waals surface area contributed by atoms with E-state index >= 15 is 0 Å². The molecule has 2 heterocycles. The quantitative estimate of drug-likeness (QED) is 0.0913. The lowest BCUT2D eigenvalue weighted by Crippen LogP contribution is -2.68. The summed E-state index contributed by atoms with van der Waals surface area (Å²) in [6, 6.07) is -1.98. The maximum Gasteiger partial charge on any atom is 0.397 e. The van der Waals surface area contributed by atoms with Gasteiger partial charge in [-0.25, -0.2) is 13.2 Å². The Morgan fingerprint density at radius 3 is 1.89 bits per heavy atom. The average Bonchev–Trinajstić information content (AvgIpc) is 2.75. The van der Waals surface area contributed by atoms with Crippen LogP contribution in [0.15, 0.2) is 0 Å². The molecule has 0 aromatic rings. The van der Waals surface area contributed by atoms with Gasteiger partial charge in [-0.3, -0.25) is 13.7 Å². The zero-order valence-electron chi connectivity index (χ0n) is 18.6. The van der Waals surface area contributed by atoms with E-state index in [0.717, 1.165) is 0 Å². The van der Waals surface area contributed by atoms with Crippen LogP contribution in [0.1, 0.15) is 0 Å². The first-order valence-electron chi connectivity index (χ1n) is 10.1. The number of carboxylic acid groups (broad SMARTS) is 1. The van der Waals surface area contributed by atoms with Gasteiger partial charge >= 0.3 is 37.1 Å². The predicted molar refractivity (Wildman–Crippen MR) is 112 cm³/mol. The number of nitrogens with one attached hydrogen (secondary N) is 1. The minimum Gasteiger partial charge on any atom is -0.479 e. The van der Waals surface area contributed by atoms with Crippen molar-refractivity contribution in [2.45, 2.75) is 55.1 Å². The van der Waals surface area contributed by atoms with Crippen LogP contribution in [-0.4, -0.2) is 145 Å². The fourth-order valence-electron chi connectivity index (χ4n) is 3.82. The highest BCUT2D eigenvalue weighted by atomic mass is 32.3. The molecule has 0 aromatic heterocycles. The van der Waals surface area contributed by atoms with Crippen molar-refractivity contribution in [2.75, 3.05) is 19.8 Å². The topological polar surface area (TPSA) is 340 Å². The van der Waals surface area contributed by atoms with Crippen molar-refractivity contribution in [3.8, 4) is 0 Å². The highest BCUT2D eigenvalue weighted by Crippen LogP contribution is 2.33. The van der Waals surface area contributed by atoms with E-state index in [-0.39, 0.29) is 0 Å². The van der Waals surface area contributed by atoms with E-state index in [2.05, 4.69) is 8.37 Å².